The van der Waals surface area contributed by atoms with Gasteiger partial charge in [-0.2, -0.15) is 0 Å². The Labute approximate surface area is 114 Å². The maximum Gasteiger partial charge on any atom is 0.320 e. The molecule has 0 atom stereocenters. The summed E-state index contributed by atoms with van der Waals surface area (Å²) >= 11 is 0. The molecule has 112 valence electrons. The quantitative estimate of drug-likeness (QED) is 0.320. The van der Waals surface area contributed by atoms with Crippen LogP contribution in [0.2, 0.25) is 0 Å². The first kappa shape index (κ1) is 17.9. The third-order valence-electron chi connectivity index (χ3n) is 2.36. The summed E-state index contributed by atoms with van der Waals surface area (Å²) in [6.45, 7) is 5.40. The first-order valence-corrected chi connectivity index (χ1v) is 6.57. The van der Waals surface area contributed by atoms with E-state index >= 15 is 0 Å². The van der Waals surface area contributed by atoms with E-state index in [1.165, 1.54) is 0 Å². The molecule has 0 unspecified atom stereocenters. The van der Waals surface area contributed by atoms with E-state index in [1.807, 2.05) is 0 Å². The number of carbonyl (C=O) groups is 2. The molecular weight excluding hydrogens is 252 g/mol. The molecule has 0 amide bonds. The summed E-state index contributed by atoms with van der Waals surface area (Å²) in [4.78, 5) is 23.3. The Morgan fingerprint density at radius 1 is 0.947 bits per heavy atom. The normalized spacial score (nSPS) is 10.5. The van der Waals surface area contributed by atoms with Crippen molar-refractivity contribution in [3.8, 4) is 0 Å². The van der Waals surface area contributed by atoms with E-state index in [1.54, 1.807) is 21.0 Å². The predicted molar refractivity (Wildman–Crippen MR) is 68.7 cm³/mol. The van der Waals surface area contributed by atoms with Crippen molar-refractivity contribution in [3.05, 3.63) is 0 Å². The first-order valence-electron chi connectivity index (χ1n) is 6.57. The maximum atomic E-state index is 11.6. The molecule has 0 aromatic carbocycles. The van der Waals surface area contributed by atoms with E-state index in [4.69, 9.17) is 18.9 Å². The Morgan fingerprint density at radius 3 is 2.00 bits per heavy atom. The molecular formula is C13H24O6. The molecule has 0 aliphatic carbocycles. The summed E-state index contributed by atoms with van der Waals surface area (Å²) in [6, 6.07) is 0. The highest BCUT2D eigenvalue weighted by molar-refractivity contribution is 5.94. The minimum absolute atomic E-state index is 0.249. The monoisotopic (exact) mass is 276 g/mol. The standard InChI is InChI=1S/C13H24O6/c1-4-18-12(14)11(13(15)19-5-2)7-6-8-17-10-9-16-3/h11H,4-10H2,1-3H3. The minimum Gasteiger partial charge on any atom is -0.465 e. The van der Waals surface area contributed by atoms with E-state index < -0.39 is 17.9 Å². The number of methoxy groups -OCH3 is 1. The molecule has 0 aliphatic heterocycles. The van der Waals surface area contributed by atoms with Crippen molar-refractivity contribution in [1.82, 2.24) is 0 Å². The molecule has 0 bridgehead atoms. The highest BCUT2D eigenvalue weighted by Gasteiger charge is 2.28. The largest absolute Gasteiger partial charge is 0.465 e. The van der Waals surface area contributed by atoms with Crippen LogP contribution in [0.5, 0.6) is 0 Å². The van der Waals surface area contributed by atoms with Crippen LogP contribution in [0.15, 0.2) is 0 Å². The Kier molecular flexibility index (Phi) is 11.2. The highest BCUT2D eigenvalue weighted by Crippen LogP contribution is 2.11. The van der Waals surface area contributed by atoms with Crippen molar-refractivity contribution in [2.24, 2.45) is 5.92 Å². The van der Waals surface area contributed by atoms with Gasteiger partial charge in [0.25, 0.3) is 0 Å². The van der Waals surface area contributed by atoms with Crippen LogP contribution < -0.4 is 0 Å². The van der Waals surface area contributed by atoms with Crippen LogP contribution in [0, 0.1) is 5.92 Å². The maximum absolute atomic E-state index is 11.6. The smallest absolute Gasteiger partial charge is 0.320 e. The second-order valence-corrected chi connectivity index (χ2v) is 3.80. The summed E-state index contributed by atoms with van der Waals surface area (Å²) < 4.78 is 19.8. The number of esters is 2. The number of hydrogen-bond donors (Lipinski definition) is 0. The van der Waals surface area contributed by atoms with Crippen molar-refractivity contribution in [1.29, 1.82) is 0 Å². The lowest BCUT2D eigenvalue weighted by Gasteiger charge is -2.14. The van der Waals surface area contributed by atoms with Crippen LogP contribution >= 0.6 is 0 Å². The molecule has 6 heteroatoms. The lowest BCUT2D eigenvalue weighted by Crippen LogP contribution is -2.28. The topological polar surface area (TPSA) is 71.1 Å². The molecule has 0 saturated carbocycles. The van der Waals surface area contributed by atoms with Crippen molar-refractivity contribution in [2.75, 3.05) is 40.1 Å². The summed E-state index contributed by atoms with van der Waals surface area (Å²) in [5.74, 6) is -1.92. The number of ether oxygens (including phenoxy) is 4. The lowest BCUT2D eigenvalue weighted by atomic mass is 10.0. The van der Waals surface area contributed by atoms with E-state index in [0.717, 1.165) is 0 Å². The Hall–Kier alpha value is -1.14. The molecule has 0 radical (unpaired) electrons. The van der Waals surface area contributed by atoms with E-state index in [2.05, 4.69) is 0 Å². The Morgan fingerprint density at radius 2 is 1.53 bits per heavy atom. The molecule has 19 heavy (non-hydrogen) atoms. The zero-order valence-electron chi connectivity index (χ0n) is 12.0. The molecule has 0 heterocycles. The van der Waals surface area contributed by atoms with Gasteiger partial charge in [0.1, 0.15) is 0 Å². The van der Waals surface area contributed by atoms with Gasteiger partial charge < -0.3 is 18.9 Å². The second-order valence-electron chi connectivity index (χ2n) is 3.80. The molecule has 0 rings (SSSR count). The van der Waals surface area contributed by atoms with Gasteiger partial charge in [0.15, 0.2) is 5.92 Å². The third kappa shape index (κ3) is 8.56. The van der Waals surface area contributed by atoms with E-state index in [0.29, 0.717) is 32.7 Å². The fraction of sp³-hybridized carbons (Fsp3) is 0.846. The molecule has 0 aromatic heterocycles. The van der Waals surface area contributed by atoms with Gasteiger partial charge in [-0.1, -0.05) is 0 Å². The van der Waals surface area contributed by atoms with Crippen molar-refractivity contribution >= 4 is 11.9 Å². The van der Waals surface area contributed by atoms with Gasteiger partial charge in [-0.3, -0.25) is 9.59 Å². The van der Waals surface area contributed by atoms with Crippen LogP contribution in [-0.2, 0) is 28.5 Å². The summed E-state index contributed by atoms with van der Waals surface area (Å²) in [6.07, 6.45) is 0.955. The van der Waals surface area contributed by atoms with Gasteiger partial charge in [0.05, 0.1) is 26.4 Å². The van der Waals surface area contributed by atoms with Gasteiger partial charge in [-0.15, -0.1) is 0 Å². The second kappa shape index (κ2) is 11.9. The van der Waals surface area contributed by atoms with Gasteiger partial charge >= 0.3 is 11.9 Å². The van der Waals surface area contributed by atoms with E-state index in [9.17, 15) is 9.59 Å². The third-order valence-corrected chi connectivity index (χ3v) is 2.36. The minimum atomic E-state index is -0.856. The lowest BCUT2D eigenvalue weighted by molar-refractivity contribution is -0.162. The van der Waals surface area contributed by atoms with Crippen LogP contribution in [0.1, 0.15) is 26.7 Å². The summed E-state index contributed by atoms with van der Waals surface area (Å²) in [5, 5.41) is 0. The van der Waals surface area contributed by atoms with Crippen molar-refractivity contribution in [2.45, 2.75) is 26.7 Å². The Bertz CT molecular complexity index is 236. The number of hydrogen-bond acceptors (Lipinski definition) is 6. The molecule has 0 N–H and O–H groups in total. The molecule has 0 saturated heterocycles. The molecule has 0 aliphatic rings. The van der Waals surface area contributed by atoms with Crippen LogP contribution in [0.25, 0.3) is 0 Å². The fourth-order valence-electron chi connectivity index (χ4n) is 1.45. The fourth-order valence-corrected chi connectivity index (χ4v) is 1.45. The zero-order chi connectivity index (χ0) is 14.5. The average molecular weight is 276 g/mol. The molecule has 0 fully saturated rings. The van der Waals surface area contributed by atoms with E-state index in [-0.39, 0.29) is 13.2 Å². The molecule has 0 aromatic rings. The van der Waals surface area contributed by atoms with Crippen molar-refractivity contribution in [3.63, 3.8) is 0 Å². The van der Waals surface area contributed by atoms with Crippen LogP contribution in [0.4, 0.5) is 0 Å². The van der Waals surface area contributed by atoms with Crippen molar-refractivity contribution < 1.29 is 28.5 Å². The van der Waals surface area contributed by atoms with Crippen LogP contribution in [0.3, 0.4) is 0 Å². The van der Waals surface area contributed by atoms with Gasteiger partial charge in [0, 0.05) is 13.7 Å². The van der Waals surface area contributed by atoms with Gasteiger partial charge in [-0.25, -0.2) is 0 Å². The number of rotatable bonds is 11. The summed E-state index contributed by atoms with van der Waals surface area (Å²) in [7, 11) is 1.60. The molecule has 6 nitrogen and oxygen atoms in total. The van der Waals surface area contributed by atoms with Crippen LogP contribution in [-0.4, -0.2) is 52.1 Å². The molecule has 0 spiro atoms. The number of carbonyl (C=O) groups excluding carboxylic acids is 2. The summed E-state index contributed by atoms with van der Waals surface area (Å²) in [5.41, 5.74) is 0. The SMILES string of the molecule is CCOC(=O)C(CCCOCCOC)C(=O)OCC. The predicted octanol–water partition coefficient (Wildman–Crippen LogP) is 1.17. The van der Waals surface area contributed by atoms with Gasteiger partial charge in [-0.05, 0) is 26.7 Å². The van der Waals surface area contributed by atoms with Gasteiger partial charge in [0.2, 0.25) is 0 Å². The average Bonchev–Trinajstić information content (AvgIpc) is 2.38. The Balaban J connectivity index is 4.05. The first-order chi connectivity index (χ1) is 9.17. The zero-order valence-corrected chi connectivity index (χ0v) is 12.0. The highest BCUT2D eigenvalue weighted by atomic mass is 16.6.